The second-order valence-corrected chi connectivity index (χ2v) is 5.30. The molecule has 9 heteroatoms. The number of non-ortho nitro benzene ring substituents is 1. The standard InChI is InChI=1S/C12H13ClN4O4/c1-12(2,14)11-15-10(21-16-11)6-20-9-4-3-7(17(18)19)5-8(9)13/h3-5H,6,14H2,1-2H3. The van der Waals surface area contributed by atoms with Crippen LogP contribution in [-0.4, -0.2) is 15.1 Å². The van der Waals surface area contributed by atoms with Gasteiger partial charge in [-0.1, -0.05) is 16.8 Å². The molecule has 0 saturated carbocycles. The van der Waals surface area contributed by atoms with Gasteiger partial charge in [0.15, 0.2) is 12.4 Å². The number of hydrogen-bond acceptors (Lipinski definition) is 7. The van der Waals surface area contributed by atoms with E-state index in [1.165, 1.54) is 18.2 Å². The molecule has 0 aliphatic heterocycles. The van der Waals surface area contributed by atoms with E-state index in [0.717, 1.165) is 0 Å². The Hall–Kier alpha value is -2.19. The number of hydrogen-bond donors (Lipinski definition) is 1. The zero-order chi connectivity index (χ0) is 15.6. The Morgan fingerprint density at radius 3 is 2.76 bits per heavy atom. The fourth-order valence-corrected chi connectivity index (χ4v) is 1.66. The van der Waals surface area contributed by atoms with Gasteiger partial charge in [-0.25, -0.2) is 0 Å². The lowest BCUT2D eigenvalue weighted by Crippen LogP contribution is -2.30. The van der Waals surface area contributed by atoms with E-state index in [4.69, 9.17) is 26.6 Å². The number of ether oxygens (including phenoxy) is 1. The predicted octanol–water partition coefficient (Wildman–Crippen LogP) is 2.40. The van der Waals surface area contributed by atoms with Crippen molar-refractivity contribution in [1.82, 2.24) is 10.1 Å². The van der Waals surface area contributed by atoms with Crippen molar-refractivity contribution in [2.45, 2.75) is 26.0 Å². The van der Waals surface area contributed by atoms with Crippen LogP contribution in [0.3, 0.4) is 0 Å². The van der Waals surface area contributed by atoms with Crippen molar-refractivity contribution in [3.63, 3.8) is 0 Å². The second kappa shape index (κ2) is 5.66. The van der Waals surface area contributed by atoms with Gasteiger partial charge in [-0.3, -0.25) is 10.1 Å². The number of rotatable bonds is 5. The Morgan fingerprint density at radius 1 is 1.52 bits per heavy atom. The molecule has 2 aromatic rings. The van der Waals surface area contributed by atoms with Gasteiger partial charge >= 0.3 is 0 Å². The molecule has 2 N–H and O–H groups in total. The topological polar surface area (TPSA) is 117 Å². The quantitative estimate of drug-likeness (QED) is 0.665. The highest BCUT2D eigenvalue weighted by molar-refractivity contribution is 6.32. The van der Waals surface area contributed by atoms with E-state index >= 15 is 0 Å². The minimum absolute atomic E-state index is 0.0133. The van der Waals surface area contributed by atoms with Gasteiger partial charge in [-0.15, -0.1) is 0 Å². The van der Waals surface area contributed by atoms with E-state index in [1.807, 2.05) is 0 Å². The van der Waals surface area contributed by atoms with E-state index in [0.29, 0.717) is 5.82 Å². The van der Waals surface area contributed by atoms with Crippen LogP contribution >= 0.6 is 11.6 Å². The van der Waals surface area contributed by atoms with E-state index in [-0.39, 0.29) is 29.0 Å². The summed E-state index contributed by atoms with van der Waals surface area (Å²) in [5.41, 5.74) is 5.01. The lowest BCUT2D eigenvalue weighted by atomic mass is 10.1. The van der Waals surface area contributed by atoms with Crippen LogP contribution in [0, 0.1) is 10.1 Å². The van der Waals surface area contributed by atoms with Gasteiger partial charge < -0.3 is 15.0 Å². The molecule has 0 unspecified atom stereocenters. The summed E-state index contributed by atoms with van der Waals surface area (Å²) in [6, 6.07) is 3.91. The number of nitrogens with zero attached hydrogens (tertiary/aromatic N) is 3. The fourth-order valence-electron chi connectivity index (χ4n) is 1.44. The van der Waals surface area contributed by atoms with Crippen LogP contribution in [0.15, 0.2) is 22.7 Å². The molecule has 0 radical (unpaired) electrons. The first-order chi connectivity index (χ1) is 9.77. The molecule has 0 bridgehead atoms. The molecule has 0 atom stereocenters. The number of nitrogens with two attached hydrogens (primary N) is 1. The molecule has 0 spiro atoms. The highest BCUT2D eigenvalue weighted by Crippen LogP contribution is 2.29. The molecule has 1 aromatic heterocycles. The van der Waals surface area contributed by atoms with E-state index in [9.17, 15) is 10.1 Å². The first-order valence-corrected chi connectivity index (χ1v) is 6.34. The Labute approximate surface area is 125 Å². The van der Waals surface area contributed by atoms with Crippen LogP contribution in [-0.2, 0) is 12.1 Å². The van der Waals surface area contributed by atoms with Crippen LogP contribution in [0.1, 0.15) is 25.6 Å². The van der Waals surface area contributed by atoms with Gasteiger partial charge in [-0.2, -0.15) is 4.98 Å². The van der Waals surface area contributed by atoms with Crippen molar-refractivity contribution in [2.75, 3.05) is 0 Å². The number of halogens is 1. The molecule has 0 fully saturated rings. The number of aromatic nitrogens is 2. The first-order valence-electron chi connectivity index (χ1n) is 5.96. The Bertz CT molecular complexity index is 666. The van der Waals surface area contributed by atoms with Crippen LogP contribution in [0.2, 0.25) is 5.02 Å². The fraction of sp³-hybridized carbons (Fsp3) is 0.333. The minimum Gasteiger partial charge on any atom is -0.482 e. The number of nitro benzene ring substituents is 1. The van der Waals surface area contributed by atoms with Gasteiger partial charge in [0.1, 0.15) is 5.75 Å². The van der Waals surface area contributed by atoms with Crippen molar-refractivity contribution in [2.24, 2.45) is 5.73 Å². The van der Waals surface area contributed by atoms with Crippen molar-refractivity contribution < 1.29 is 14.2 Å². The molecule has 112 valence electrons. The summed E-state index contributed by atoms with van der Waals surface area (Å²) in [6.45, 7) is 3.48. The normalized spacial score (nSPS) is 11.4. The molecule has 1 heterocycles. The summed E-state index contributed by atoms with van der Waals surface area (Å²) in [6.07, 6.45) is 0. The largest absolute Gasteiger partial charge is 0.482 e. The summed E-state index contributed by atoms with van der Waals surface area (Å²) in [5.74, 6) is 0.878. The predicted molar refractivity (Wildman–Crippen MR) is 73.9 cm³/mol. The molecule has 1 aromatic carbocycles. The Kier molecular flexibility index (Phi) is 4.10. The third-order valence-corrected chi connectivity index (χ3v) is 2.82. The van der Waals surface area contributed by atoms with Gasteiger partial charge in [0, 0.05) is 12.1 Å². The molecule has 0 aliphatic rings. The third-order valence-electron chi connectivity index (χ3n) is 2.52. The average molecular weight is 313 g/mol. The monoisotopic (exact) mass is 312 g/mol. The highest BCUT2D eigenvalue weighted by Gasteiger charge is 2.21. The summed E-state index contributed by atoms with van der Waals surface area (Å²) < 4.78 is 10.4. The summed E-state index contributed by atoms with van der Waals surface area (Å²) >= 11 is 5.90. The maximum absolute atomic E-state index is 10.6. The van der Waals surface area contributed by atoms with Crippen molar-refractivity contribution in [3.05, 3.63) is 45.1 Å². The molecule has 2 rings (SSSR count). The van der Waals surface area contributed by atoms with Crippen LogP contribution in [0.4, 0.5) is 5.69 Å². The molecular weight excluding hydrogens is 300 g/mol. The summed E-state index contributed by atoms with van der Waals surface area (Å²) in [5, 5.41) is 14.5. The Balaban J connectivity index is 2.06. The second-order valence-electron chi connectivity index (χ2n) is 4.89. The van der Waals surface area contributed by atoms with Crippen LogP contribution in [0.5, 0.6) is 5.75 Å². The maximum atomic E-state index is 10.6. The van der Waals surface area contributed by atoms with Gasteiger partial charge in [0.25, 0.3) is 11.6 Å². The van der Waals surface area contributed by atoms with E-state index < -0.39 is 10.5 Å². The van der Waals surface area contributed by atoms with Crippen molar-refractivity contribution in [3.8, 4) is 5.75 Å². The molecule has 21 heavy (non-hydrogen) atoms. The van der Waals surface area contributed by atoms with Crippen LogP contribution in [0.25, 0.3) is 0 Å². The molecule has 8 nitrogen and oxygen atoms in total. The minimum atomic E-state index is -0.716. The van der Waals surface area contributed by atoms with Crippen molar-refractivity contribution in [1.29, 1.82) is 0 Å². The maximum Gasteiger partial charge on any atom is 0.271 e. The number of benzene rings is 1. The van der Waals surface area contributed by atoms with Gasteiger partial charge in [0.05, 0.1) is 15.5 Å². The number of nitro groups is 1. The zero-order valence-electron chi connectivity index (χ0n) is 11.4. The highest BCUT2D eigenvalue weighted by atomic mass is 35.5. The third kappa shape index (κ3) is 3.67. The SMILES string of the molecule is CC(C)(N)c1noc(COc2ccc([N+](=O)[O-])cc2Cl)n1. The summed E-state index contributed by atoms with van der Waals surface area (Å²) in [7, 11) is 0. The lowest BCUT2D eigenvalue weighted by molar-refractivity contribution is -0.384. The molecule has 0 aliphatic carbocycles. The molecule has 0 saturated heterocycles. The Morgan fingerprint density at radius 2 is 2.24 bits per heavy atom. The zero-order valence-corrected chi connectivity index (χ0v) is 12.1. The average Bonchev–Trinajstić information content (AvgIpc) is 2.85. The van der Waals surface area contributed by atoms with E-state index in [2.05, 4.69) is 10.1 Å². The molecule has 0 amide bonds. The van der Waals surface area contributed by atoms with Gasteiger partial charge in [0.2, 0.25) is 0 Å². The smallest absolute Gasteiger partial charge is 0.271 e. The summed E-state index contributed by atoms with van der Waals surface area (Å²) in [4.78, 5) is 14.2. The van der Waals surface area contributed by atoms with E-state index in [1.54, 1.807) is 13.8 Å². The van der Waals surface area contributed by atoms with Crippen molar-refractivity contribution >= 4 is 17.3 Å². The first kappa shape index (κ1) is 15.2. The lowest BCUT2D eigenvalue weighted by Gasteiger charge is -2.11. The molecular formula is C12H13ClN4O4. The van der Waals surface area contributed by atoms with Gasteiger partial charge in [-0.05, 0) is 19.9 Å². The van der Waals surface area contributed by atoms with Crippen LogP contribution < -0.4 is 10.5 Å².